The molecule has 0 bridgehead atoms. The number of hydrogen-bond acceptors (Lipinski definition) is 4. The van der Waals surface area contributed by atoms with E-state index in [1.807, 2.05) is 68.6 Å². The van der Waals surface area contributed by atoms with Crippen molar-refractivity contribution in [1.29, 1.82) is 0 Å². The number of amides is 1. The van der Waals surface area contributed by atoms with Gasteiger partial charge in [-0.3, -0.25) is 4.79 Å². The number of carbonyl (C=O) groups is 1. The third-order valence-corrected chi connectivity index (χ3v) is 8.32. The van der Waals surface area contributed by atoms with Crippen molar-refractivity contribution in [3.8, 4) is 0 Å². The van der Waals surface area contributed by atoms with Crippen molar-refractivity contribution in [3.05, 3.63) is 94.0 Å². The molecule has 3 aromatic rings. The van der Waals surface area contributed by atoms with Crippen LogP contribution in [0.3, 0.4) is 0 Å². The number of carbonyl (C=O) groups excluding carboxylic acids is 1. The molecular formula is C25H27BrN2O3S2. The third-order valence-electron chi connectivity index (χ3n) is 5.24. The average Bonchev–Trinajstić information content (AvgIpc) is 2.80. The minimum absolute atomic E-state index is 0.100. The van der Waals surface area contributed by atoms with Crippen LogP contribution in [-0.4, -0.2) is 31.4 Å². The number of sulfonamides is 1. The molecule has 1 unspecified atom stereocenters. The van der Waals surface area contributed by atoms with Gasteiger partial charge in [0.25, 0.3) is 0 Å². The van der Waals surface area contributed by atoms with Crippen LogP contribution in [0, 0.1) is 6.92 Å². The van der Waals surface area contributed by atoms with Crippen LogP contribution in [0.4, 0.5) is 0 Å². The van der Waals surface area contributed by atoms with E-state index in [1.54, 1.807) is 23.9 Å². The lowest BCUT2D eigenvalue weighted by atomic mass is 10.1. The van der Waals surface area contributed by atoms with E-state index < -0.39 is 10.0 Å². The number of aryl methyl sites for hydroxylation is 1. The molecule has 0 radical (unpaired) electrons. The van der Waals surface area contributed by atoms with Crippen molar-refractivity contribution in [2.75, 3.05) is 12.8 Å². The normalized spacial score (nSPS) is 12.5. The van der Waals surface area contributed by atoms with Crippen LogP contribution < -0.4 is 5.32 Å². The Balaban J connectivity index is 1.81. The molecule has 0 saturated carbocycles. The highest BCUT2D eigenvalue weighted by atomic mass is 79.9. The van der Waals surface area contributed by atoms with Gasteiger partial charge < -0.3 is 5.32 Å². The van der Waals surface area contributed by atoms with Crippen LogP contribution >= 0.6 is 27.7 Å². The number of thioether (sulfide) groups is 1. The van der Waals surface area contributed by atoms with Gasteiger partial charge in [-0.25, -0.2) is 8.42 Å². The van der Waals surface area contributed by atoms with E-state index >= 15 is 0 Å². The van der Waals surface area contributed by atoms with Gasteiger partial charge in [-0.15, -0.1) is 11.8 Å². The maximum Gasteiger partial charge on any atom is 0.243 e. The molecule has 0 heterocycles. The molecule has 0 aromatic heterocycles. The predicted molar refractivity (Wildman–Crippen MR) is 138 cm³/mol. The predicted octanol–water partition coefficient (Wildman–Crippen LogP) is 5.55. The van der Waals surface area contributed by atoms with Crippen LogP contribution in [0.15, 0.2) is 87.1 Å². The molecule has 0 aliphatic rings. The number of halogens is 1. The zero-order valence-corrected chi connectivity index (χ0v) is 22.0. The van der Waals surface area contributed by atoms with Gasteiger partial charge in [-0.1, -0.05) is 57.9 Å². The summed E-state index contributed by atoms with van der Waals surface area (Å²) in [5, 5.41) is 2.93. The van der Waals surface area contributed by atoms with Crippen LogP contribution in [0.1, 0.15) is 29.7 Å². The second-order valence-corrected chi connectivity index (χ2v) is 11.5. The van der Waals surface area contributed by atoms with Crippen molar-refractivity contribution in [2.45, 2.75) is 36.2 Å². The number of hydrogen-bond donors (Lipinski definition) is 1. The summed E-state index contributed by atoms with van der Waals surface area (Å²) in [6, 6.07) is 21.8. The minimum Gasteiger partial charge on any atom is -0.348 e. The van der Waals surface area contributed by atoms with Gasteiger partial charge in [0.15, 0.2) is 0 Å². The Hall–Kier alpha value is -2.13. The molecule has 5 nitrogen and oxygen atoms in total. The number of nitrogens with zero attached hydrogens (tertiary/aromatic N) is 1. The molecule has 0 aliphatic carbocycles. The summed E-state index contributed by atoms with van der Waals surface area (Å²) in [6.45, 7) is 3.68. The molecule has 0 fully saturated rings. The first-order valence-corrected chi connectivity index (χ1v) is 13.9. The maximum absolute atomic E-state index is 13.4. The summed E-state index contributed by atoms with van der Waals surface area (Å²) in [7, 11) is -3.88. The Morgan fingerprint density at radius 1 is 1.00 bits per heavy atom. The standard InChI is InChI=1S/C25H27BrN2O3S2/c1-18-4-6-20(7-5-18)16-28(33(30,31)24-14-10-22(26)11-15-24)17-25(29)27-19(2)21-8-12-23(32-3)13-9-21/h4-15,19H,16-17H2,1-3H3,(H,27,29). The molecule has 1 N–H and O–H groups in total. The van der Waals surface area contributed by atoms with E-state index in [0.29, 0.717) is 0 Å². The quantitative estimate of drug-likeness (QED) is 0.357. The average molecular weight is 548 g/mol. The number of nitrogens with one attached hydrogen (secondary N) is 1. The fraction of sp³-hybridized carbons (Fsp3) is 0.240. The van der Waals surface area contributed by atoms with E-state index in [0.717, 1.165) is 26.1 Å². The van der Waals surface area contributed by atoms with Gasteiger partial charge in [-0.05, 0) is 67.6 Å². The second-order valence-electron chi connectivity index (χ2n) is 7.77. The Bertz CT molecular complexity index is 1180. The number of rotatable bonds is 9. The Kier molecular flexibility index (Phi) is 8.75. The SMILES string of the molecule is CSc1ccc(C(C)NC(=O)CN(Cc2ccc(C)cc2)S(=O)(=O)c2ccc(Br)cc2)cc1. The molecule has 33 heavy (non-hydrogen) atoms. The number of benzene rings is 3. The van der Waals surface area contributed by atoms with Gasteiger partial charge in [0, 0.05) is 15.9 Å². The zero-order chi connectivity index (χ0) is 24.0. The summed E-state index contributed by atoms with van der Waals surface area (Å²) >= 11 is 4.99. The van der Waals surface area contributed by atoms with Crippen LogP contribution in [0.5, 0.6) is 0 Å². The van der Waals surface area contributed by atoms with Crippen molar-refractivity contribution >= 4 is 43.6 Å². The molecule has 174 valence electrons. The monoisotopic (exact) mass is 546 g/mol. The van der Waals surface area contributed by atoms with Crippen LogP contribution in [0.2, 0.25) is 0 Å². The summed E-state index contributed by atoms with van der Waals surface area (Å²) in [4.78, 5) is 14.2. The molecule has 0 spiro atoms. The largest absolute Gasteiger partial charge is 0.348 e. The van der Waals surface area contributed by atoms with Gasteiger partial charge in [0.1, 0.15) is 0 Å². The van der Waals surface area contributed by atoms with E-state index in [1.165, 1.54) is 16.4 Å². The summed E-state index contributed by atoms with van der Waals surface area (Å²) in [5.41, 5.74) is 2.86. The van der Waals surface area contributed by atoms with Crippen molar-refractivity contribution in [1.82, 2.24) is 9.62 Å². The molecule has 3 aromatic carbocycles. The first-order valence-electron chi connectivity index (χ1n) is 10.4. The van der Waals surface area contributed by atoms with E-state index in [-0.39, 0.29) is 29.9 Å². The van der Waals surface area contributed by atoms with E-state index in [2.05, 4.69) is 21.2 Å². The van der Waals surface area contributed by atoms with Crippen molar-refractivity contribution < 1.29 is 13.2 Å². The van der Waals surface area contributed by atoms with Gasteiger partial charge in [0.2, 0.25) is 15.9 Å². The lowest BCUT2D eigenvalue weighted by Crippen LogP contribution is -2.41. The first-order chi connectivity index (χ1) is 15.7. The van der Waals surface area contributed by atoms with Gasteiger partial charge in [0.05, 0.1) is 17.5 Å². The lowest BCUT2D eigenvalue weighted by molar-refractivity contribution is -0.122. The fourth-order valence-electron chi connectivity index (χ4n) is 3.30. The molecule has 0 saturated heterocycles. The van der Waals surface area contributed by atoms with Gasteiger partial charge in [-0.2, -0.15) is 4.31 Å². The Morgan fingerprint density at radius 2 is 1.61 bits per heavy atom. The van der Waals surface area contributed by atoms with Crippen LogP contribution in [0.25, 0.3) is 0 Å². The summed E-state index contributed by atoms with van der Waals surface area (Å²) < 4.78 is 28.8. The first kappa shape index (κ1) is 25.5. The van der Waals surface area contributed by atoms with E-state index in [4.69, 9.17) is 0 Å². The summed E-state index contributed by atoms with van der Waals surface area (Å²) in [5.74, 6) is -0.357. The summed E-state index contributed by atoms with van der Waals surface area (Å²) in [6.07, 6.45) is 2.01. The smallest absolute Gasteiger partial charge is 0.243 e. The molecule has 0 aliphatic heterocycles. The van der Waals surface area contributed by atoms with Crippen LogP contribution in [-0.2, 0) is 21.4 Å². The highest BCUT2D eigenvalue weighted by molar-refractivity contribution is 9.10. The topological polar surface area (TPSA) is 66.5 Å². The second kappa shape index (κ2) is 11.3. The molecule has 3 rings (SSSR count). The van der Waals surface area contributed by atoms with Crippen molar-refractivity contribution in [3.63, 3.8) is 0 Å². The highest BCUT2D eigenvalue weighted by Crippen LogP contribution is 2.22. The molecule has 8 heteroatoms. The fourth-order valence-corrected chi connectivity index (χ4v) is 5.36. The zero-order valence-electron chi connectivity index (χ0n) is 18.8. The van der Waals surface area contributed by atoms with E-state index in [9.17, 15) is 13.2 Å². The maximum atomic E-state index is 13.4. The minimum atomic E-state index is -3.88. The van der Waals surface area contributed by atoms with Gasteiger partial charge >= 0.3 is 0 Å². The lowest BCUT2D eigenvalue weighted by Gasteiger charge is -2.23. The Morgan fingerprint density at radius 3 is 2.18 bits per heavy atom. The molecule has 1 amide bonds. The Labute approximate surface area is 208 Å². The van der Waals surface area contributed by atoms with Crippen molar-refractivity contribution in [2.24, 2.45) is 0 Å². The third kappa shape index (κ3) is 6.93. The molecule has 1 atom stereocenters. The molecular weight excluding hydrogens is 520 g/mol. The highest BCUT2D eigenvalue weighted by Gasteiger charge is 2.27.